The normalized spacial score (nSPS) is 10.6. The third-order valence-corrected chi connectivity index (χ3v) is 3.79. The summed E-state index contributed by atoms with van der Waals surface area (Å²) in [5.41, 5.74) is 1.03. The van der Waals surface area contributed by atoms with Gasteiger partial charge in [-0.1, -0.05) is 11.3 Å². The molecule has 0 spiro atoms. The standard InChI is InChI=1S/C10H6N4OS2/c15-6-7-9(8-2-1-4-16-8)14(13-12-7)10-11-3-5-17-10/h1-6H. The van der Waals surface area contributed by atoms with E-state index in [2.05, 4.69) is 15.3 Å². The van der Waals surface area contributed by atoms with Gasteiger partial charge in [0.1, 0.15) is 5.69 Å². The average Bonchev–Trinajstić information content (AvgIpc) is 3.09. The summed E-state index contributed by atoms with van der Waals surface area (Å²) >= 11 is 2.99. The zero-order chi connectivity index (χ0) is 11.7. The number of aldehydes is 1. The van der Waals surface area contributed by atoms with Crippen LogP contribution >= 0.6 is 22.7 Å². The van der Waals surface area contributed by atoms with Gasteiger partial charge in [-0.25, -0.2) is 4.98 Å². The van der Waals surface area contributed by atoms with Crippen molar-refractivity contribution in [2.24, 2.45) is 0 Å². The molecule has 0 amide bonds. The molecule has 3 heterocycles. The third-order valence-electron chi connectivity index (χ3n) is 2.16. The minimum Gasteiger partial charge on any atom is -0.296 e. The zero-order valence-corrected chi connectivity index (χ0v) is 10.1. The van der Waals surface area contributed by atoms with Gasteiger partial charge in [0.25, 0.3) is 0 Å². The second-order valence-electron chi connectivity index (χ2n) is 3.14. The monoisotopic (exact) mass is 262 g/mol. The van der Waals surface area contributed by atoms with Crippen LogP contribution in [0.5, 0.6) is 0 Å². The summed E-state index contributed by atoms with van der Waals surface area (Å²) in [6.07, 6.45) is 2.41. The summed E-state index contributed by atoms with van der Waals surface area (Å²) in [7, 11) is 0. The van der Waals surface area contributed by atoms with Crippen molar-refractivity contribution >= 4 is 29.0 Å². The molecule has 17 heavy (non-hydrogen) atoms. The van der Waals surface area contributed by atoms with E-state index >= 15 is 0 Å². The maximum Gasteiger partial charge on any atom is 0.212 e. The summed E-state index contributed by atoms with van der Waals surface area (Å²) in [6.45, 7) is 0. The molecule has 0 aliphatic heterocycles. The van der Waals surface area contributed by atoms with Gasteiger partial charge in [0.15, 0.2) is 12.0 Å². The molecule has 84 valence electrons. The molecule has 0 N–H and O–H groups in total. The van der Waals surface area contributed by atoms with Crippen LogP contribution in [0.2, 0.25) is 0 Å². The van der Waals surface area contributed by atoms with E-state index < -0.39 is 0 Å². The lowest BCUT2D eigenvalue weighted by Gasteiger charge is -2.00. The Kier molecular flexibility index (Phi) is 2.54. The van der Waals surface area contributed by atoms with Crippen LogP contribution in [0.4, 0.5) is 0 Å². The molecule has 0 atom stereocenters. The summed E-state index contributed by atoms with van der Waals surface area (Å²) in [5, 5.41) is 12.3. The minimum absolute atomic E-state index is 0.336. The minimum atomic E-state index is 0.336. The topological polar surface area (TPSA) is 60.7 Å². The van der Waals surface area contributed by atoms with Crippen molar-refractivity contribution < 1.29 is 4.79 Å². The predicted octanol–water partition coefficient (Wildman–Crippen LogP) is 2.26. The van der Waals surface area contributed by atoms with Gasteiger partial charge in [-0.15, -0.1) is 27.8 Å². The molecular weight excluding hydrogens is 256 g/mol. The Balaban J connectivity index is 2.24. The van der Waals surface area contributed by atoms with E-state index in [1.54, 1.807) is 10.9 Å². The Bertz CT molecular complexity index is 627. The van der Waals surface area contributed by atoms with Gasteiger partial charge in [0.2, 0.25) is 5.13 Å². The molecule has 0 saturated heterocycles. The Labute approximate surface area is 104 Å². The highest BCUT2D eigenvalue weighted by molar-refractivity contribution is 7.13. The number of carbonyl (C=O) groups excluding carboxylic acids is 1. The van der Waals surface area contributed by atoms with E-state index in [9.17, 15) is 4.79 Å². The highest BCUT2D eigenvalue weighted by Crippen LogP contribution is 2.28. The quantitative estimate of drug-likeness (QED) is 0.679. The Hall–Kier alpha value is -1.86. The van der Waals surface area contributed by atoms with Gasteiger partial charge in [-0.2, -0.15) is 4.68 Å². The Morgan fingerprint density at radius 2 is 2.24 bits per heavy atom. The second-order valence-corrected chi connectivity index (χ2v) is 4.97. The number of nitrogens with zero attached hydrogens (tertiary/aromatic N) is 4. The lowest BCUT2D eigenvalue weighted by molar-refractivity contribution is 0.111. The van der Waals surface area contributed by atoms with Crippen molar-refractivity contribution in [3.63, 3.8) is 0 Å². The van der Waals surface area contributed by atoms with Crippen LogP contribution < -0.4 is 0 Å². The van der Waals surface area contributed by atoms with E-state index in [-0.39, 0.29) is 0 Å². The fraction of sp³-hybridized carbons (Fsp3) is 0. The molecule has 3 aromatic rings. The van der Waals surface area contributed by atoms with Crippen LogP contribution in [0.1, 0.15) is 10.5 Å². The number of thiophene rings is 1. The van der Waals surface area contributed by atoms with E-state index in [1.807, 2.05) is 22.9 Å². The molecule has 3 rings (SSSR count). The van der Waals surface area contributed by atoms with Crippen molar-refractivity contribution in [2.75, 3.05) is 0 Å². The fourth-order valence-corrected chi connectivity index (χ4v) is 2.83. The average molecular weight is 262 g/mol. The van der Waals surface area contributed by atoms with Gasteiger partial charge in [-0.3, -0.25) is 4.79 Å². The van der Waals surface area contributed by atoms with Gasteiger partial charge >= 0.3 is 0 Å². The SMILES string of the molecule is O=Cc1nnn(-c2nccs2)c1-c1cccs1. The molecular formula is C10H6N4OS2. The summed E-state index contributed by atoms with van der Waals surface area (Å²) in [5.74, 6) is 0. The first kappa shape index (κ1) is 10.3. The molecule has 0 aromatic carbocycles. The van der Waals surface area contributed by atoms with Crippen molar-refractivity contribution in [1.82, 2.24) is 20.0 Å². The second kappa shape index (κ2) is 4.19. The summed E-state index contributed by atoms with van der Waals surface area (Å²) < 4.78 is 1.60. The number of thiazole rings is 1. The van der Waals surface area contributed by atoms with Crippen LogP contribution in [0.15, 0.2) is 29.1 Å². The third kappa shape index (κ3) is 1.69. The number of aromatic nitrogens is 4. The molecule has 0 fully saturated rings. The van der Waals surface area contributed by atoms with E-state index in [1.165, 1.54) is 22.7 Å². The summed E-state index contributed by atoms with van der Waals surface area (Å²) in [4.78, 5) is 16.1. The first-order chi connectivity index (χ1) is 8.40. The van der Waals surface area contributed by atoms with Gasteiger partial charge in [0.05, 0.1) is 4.88 Å². The molecule has 7 heteroatoms. The van der Waals surface area contributed by atoms with E-state index in [4.69, 9.17) is 0 Å². The van der Waals surface area contributed by atoms with Crippen LogP contribution in [0.25, 0.3) is 15.7 Å². The molecule has 0 aliphatic rings. The van der Waals surface area contributed by atoms with Crippen molar-refractivity contribution in [3.05, 3.63) is 34.8 Å². The van der Waals surface area contributed by atoms with Crippen LogP contribution in [0, 0.1) is 0 Å². The first-order valence-corrected chi connectivity index (χ1v) is 6.50. The molecule has 0 radical (unpaired) electrons. The van der Waals surface area contributed by atoms with Crippen LogP contribution in [-0.4, -0.2) is 26.3 Å². The van der Waals surface area contributed by atoms with E-state index in [0.717, 1.165) is 4.88 Å². The van der Waals surface area contributed by atoms with Gasteiger partial charge < -0.3 is 0 Å². The molecule has 0 unspecified atom stereocenters. The van der Waals surface area contributed by atoms with Crippen molar-refractivity contribution in [1.29, 1.82) is 0 Å². The van der Waals surface area contributed by atoms with Crippen LogP contribution in [0.3, 0.4) is 0 Å². The number of rotatable bonds is 3. The Morgan fingerprint density at radius 1 is 1.29 bits per heavy atom. The molecule has 0 aliphatic carbocycles. The lowest BCUT2D eigenvalue weighted by atomic mass is 10.3. The van der Waals surface area contributed by atoms with Crippen molar-refractivity contribution in [3.8, 4) is 15.7 Å². The largest absolute Gasteiger partial charge is 0.296 e. The summed E-state index contributed by atoms with van der Waals surface area (Å²) in [6, 6.07) is 3.86. The molecule has 5 nitrogen and oxygen atoms in total. The van der Waals surface area contributed by atoms with Crippen LogP contribution in [-0.2, 0) is 0 Å². The highest BCUT2D eigenvalue weighted by Gasteiger charge is 2.17. The highest BCUT2D eigenvalue weighted by atomic mass is 32.1. The van der Waals surface area contributed by atoms with E-state index in [0.29, 0.717) is 22.8 Å². The lowest BCUT2D eigenvalue weighted by Crippen LogP contribution is -1.98. The first-order valence-electron chi connectivity index (χ1n) is 4.75. The maximum atomic E-state index is 11.0. The van der Waals surface area contributed by atoms with Gasteiger partial charge in [0, 0.05) is 11.6 Å². The smallest absolute Gasteiger partial charge is 0.212 e. The maximum absolute atomic E-state index is 11.0. The molecule has 0 saturated carbocycles. The van der Waals surface area contributed by atoms with Gasteiger partial charge in [-0.05, 0) is 11.4 Å². The molecule has 0 bridgehead atoms. The number of carbonyl (C=O) groups is 1. The fourth-order valence-electron chi connectivity index (χ4n) is 1.47. The number of hydrogen-bond acceptors (Lipinski definition) is 6. The zero-order valence-electron chi connectivity index (χ0n) is 8.48. The Morgan fingerprint density at radius 3 is 2.88 bits per heavy atom. The number of hydrogen-bond donors (Lipinski definition) is 0. The van der Waals surface area contributed by atoms with Crippen molar-refractivity contribution in [2.45, 2.75) is 0 Å². The molecule has 3 aromatic heterocycles. The predicted molar refractivity (Wildman–Crippen MR) is 65.7 cm³/mol.